The number of hydrogen-bond acceptors (Lipinski definition) is 3. The highest BCUT2D eigenvalue weighted by molar-refractivity contribution is 6.07. The molecule has 0 saturated carbocycles. The molecule has 0 unspecified atom stereocenters. The highest BCUT2D eigenvalue weighted by atomic mass is 19.1. The van der Waals surface area contributed by atoms with Crippen LogP contribution in [-0.4, -0.2) is 6.03 Å². The molecule has 0 radical (unpaired) electrons. The van der Waals surface area contributed by atoms with Crippen molar-refractivity contribution in [2.75, 3.05) is 10.6 Å². The van der Waals surface area contributed by atoms with E-state index in [2.05, 4.69) is 10.6 Å². The Labute approximate surface area is 182 Å². The van der Waals surface area contributed by atoms with E-state index in [9.17, 15) is 18.4 Å². The van der Waals surface area contributed by atoms with Gasteiger partial charge < -0.3 is 15.1 Å². The molecule has 0 aliphatic carbocycles. The summed E-state index contributed by atoms with van der Waals surface area (Å²) < 4.78 is 32.6. The first-order valence-electron chi connectivity index (χ1n) is 9.91. The van der Waals surface area contributed by atoms with Crippen molar-refractivity contribution in [1.29, 1.82) is 0 Å². The number of amides is 2. The molecule has 4 rings (SSSR count). The van der Waals surface area contributed by atoms with Crippen LogP contribution in [0.4, 0.5) is 25.0 Å². The molecule has 0 saturated heterocycles. The Bertz CT molecular complexity index is 1430. The first-order chi connectivity index (χ1) is 15.2. The van der Waals surface area contributed by atoms with Crippen LogP contribution >= 0.6 is 0 Å². The van der Waals surface area contributed by atoms with Crippen LogP contribution in [0.3, 0.4) is 0 Å². The van der Waals surface area contributed by atoms with E-state index < -0.39 is 23.3 Å². The van der Waals surface area contributed by atoms with Crippen LogP contribution in [0.1, 0.15) is 16.7 Å². The number of aryl methyl sites for hydroxylation is 3. The second kappa shape index (κ2) is 8.26. The van der Waals surface area contributed by atoms with E-state index in [1.54, 1.807) is 6.07 Å². The number of urea groups is 1. The smallest absolute Gasteiger partial charge is 0.360 e. The van der Waals surface area contributed by atoms with Crippen LogP contribution < -0.4 is 16.3 Å². The van der Waals surface area contributed by atoms with Crippen molar-refractivity contribution in [2.45, 2.75) is 20.8 Å². The van der Waals surface area contributed by atoms with Crippen LogP contribution in [0.15, 0.2) is 63.8 Å². The minimum absolute atomic E-state index is 0.0740. The Balaban J connectivity index is 1.87. The predicted octanol–water partition coefficient (Wildman–Crippen LogP) is 6.31. The van der Waals surface area contributed by atoms with Gasteiger partial charge in [-0.05, 0) is 67.3 Å². The lowest BCUT2D eigenvalue weighted by Gasteiger charge is -2.16. The molecule has 1 heterocycles. The predicted molar refractivity (Wildman–Crippen MR) is 121 cm³/mol. The average Bonchev–Trinajstić information content (AvgIpc) is 2.73. The molecule has 2 N–H and O–H groups in total. The standard InChI is InChI=1S/C25H20F2N2O3/c1-13-6-4-5-7-17(13)22-18-10-14(2)15(3)11-21(18)32-24(30)23(22)29-25(31)28-20-9-8-16(26)12-19(20)27/h4-12H,1-3H3,(H2,28,29,31). The molecular weight excluding hydrogens is 414 g/mol. The van der Waals surface area contributed by atoms with E-state index in [1.807, 2.05) is 51.1 Å². The van der Waals surface area contributed by atoms with Gasteiger partial charge in [0.15, 0.2) is 0 Å². The molecule has 0 bridgehead atoms. The van der Waals surface area contributed by atoms with Gasteiger partial charge in [-0.2, -0.15) is 0 Å². The maximum Gasteiger partial charge on any atom is 0.360 e. The average molecular weight is 434 g/mol. The molecule has 0 spiro atoms. The highest BCUT2D eigenvalue weighted by Crippen LogP contribution is 2.36. The topological polar surface area (TPSA) is 71.3 Å². The van der Waals surface area contributed by atoms with Crippen molar-refractivity contribution in [3.05, 3.63) is 93.3 Å². The maximum atomic E-state index is 14.0. The number of hydrogen-bond donors (Lipinski definition) is 2. The van der Waals surface area contributed by atoms with Gasteiger partial charge >= 0.3 is 11.7 Å². The molecule has 0 aliphatic heterocycles. The minimum atomic E-state index is -0.934. The third-order valence-electron chi connectivity index (χ3n) is 5.35. The van der Waals surface area contributed by atoms with Gasteiger partial charge in [-0.3, -0.25) is 0 Å². The number of benzene rings is 3. The largest absolute Gasteiger partial charge is 0.421 e. The number of halogens is 2. The maximum absolute atomic E-state index is 14.0. The molecule has 0 fully saturated rings. The lowest BCUT2D eigenvalue weighted by atomic mass is 9.94. The fourth-order valence-corrected chi connectivity index (χ4v) is 3.56. The quantitative estimate of drug-likeness (QED) is 0.371. The zero-order chi connectivity index (χ0) is 23.0. The summed E-state index contributed by atoms with van der Waals surface area (Å²) in [4.78, 5) is 25.5. The van der Waals surface area contributed by atoms with E-state index in [0.717, 1.165) is 34.4 Å². The van der Waals surface area contributed by atoms with Gasteiger partial charge in [0.2, 0.25) is 0 Å². The molecule has 3 aromatic carbocycles. The number of nitrogens with one attached hydrogen (secondary N) is 2. The Morgan fingerprint density at radius 2 is 1.59 bits per heavy atom. The summed E-state index contributed by atoms with van der Waals surface area (Å²) >= 11 is 0. The molecule has 1 aromatic heterocycles. The minimum Gasteiger partial charge on any atom is -0.421 e. The SMILES string of the molecule is Cc1cc2oc(=O)c(NC(=O)Nc3ccc(F)cc3F)c(-c3ccccc3C)c2cc1C. The van der Waals surface area contributed by atoms with Crippen molar-refractivity contribution < 1.29 is 18.0 Å². The van der Waals surface area contributed by atoms with Crippen LogP contribution in [0.5, 0.6) is 0 Å². The van der Waals surface area contributed by atoms with Gasteiger partial charge in [0.05, 0.1) is 5.69 Å². The Hall–Kier alpha value is -4.00. The number of fused-ring (bicyclic) bond motifs is 1. The van der Waals surface area contributed by atoms with Crippen molar-refractivity contribution >= 4 is 28.4 Å². The third kappa shape index (κ3) is 3.97. The number of anilines is 2. The van der Waals surface area contributed by atoms with Crippen LogP contribution in [0.2, 0.25) is 0 Å². The van der Waals surface area contributed by atoms with Crippen LogP contribution in [0.25, 0.3) is 22.1 Å². The van der Waals surface area contributed by atoms with Gasteiger partial charge in [0.25, 0.3) is 0 Å². The fourth-order valence-electron chi connectivity index (χ4n) is 3.56. The van der Waals surface area contributed by atoms with Crippen LogP contribution in [-0.2, 0) is 0 Å². The monoisotopic (exact) mass is 434 g/mol. The molecule has 0 atom stereocenters. The zero-order valence-electron chi connectivity index (χ0n) is 17.7. The molecule has 162 valence electrons. The normalized spacial score (nSPS) is 10.9. The Morgan fingerprint density at radius 1 is 0.875 bits per heavy atom. The van der Waals surface area contributed by atoms with Crippen molar-refractivity contribution in [2.24, 2.45) is 0 Å². The number of carbonyl (C=O) groups is 1. The van der Waals surface area contributed by atoms with E-state index in [0.29, 0.717) is 22.6 Å². The summed E-state index contributed by atoms with van der Waals surface area (Å²) in [6.07, 6.45) is 0. The van der Waals surface area contributed by atoms with E-state index in [-0.39, 0.29) is 11.4 Å². The lowest BCUT2D eigenvalue weighted by molar-refractivity contribution is 0.262. The van der Waals surface area contributed by atoms with Gasteiger partial charge in [-0.25, -0.2) is 18.4 Å². The zero-order valence-corrected chi connectivity index (χ0v) is 17.7. The van der Waals surface area contributed by atoms with Gasteiger partial charge in [-0.1, -0.05) is 24.3 Å². The van der Waals surface area contributed by atoms with E-state index in [4.69, 9.17) is 4.42 Å². The summed E-state index contributed by atoms with van der Waals surface area (Å²) in [7, 11) is 0. The summed E-state index contributed by atoms with van der Waals surface area (Å²) in [5.41, 5.74) is 3.45. The summed E-state index contributed by atoms with van der Waals surface area (Å²) in [6.45, 7) is 5.76. The van der Waals surface area contributed by atoms with E-state index in [1.165, 1.54) is 0 Å². The molecular formula is C25H20F2N2O3. The van der Waals surface area contributed by atoms with Crippen molar-refractivity contribution in [1.82, 2.24) is 0 Å². The lowest BCUT2D eigenvalue weighted by Crippen LogP contribution is -2.24. The Morgan fingerprint density at radius 3 is 2.31 bits per heavy atom. The second-order valence-electron chi connectivity index (χ2n) is 7.59. The molecule has 5 nitrogen and oxygen atoms in total. The molecule has 32 heavy (non-hydrogen) atoms. The number of carbonyl (C=O) groups excluding carboxylic acids is 1. The van der Waals surface area contributed by atoms with Gasteiger partial charge in [-0.15, -0.1) is 0 Å². The second-order valence-corrected chi connectivity index (χ2v) is 7.59. The Kier molecular flexibility index (Phi) is 5.48. The fraction of sp³-hybridized carbons (Fsp3) is 0.120. The van der Waals surface area contributed by atoms with Gasteiger partial charge in [0.1, 0.15) is 22.9 Å². The third-order valence-corrected chi connectivity index (χ3v) is 5.35. The summed E-state index contributed by atoms with van der Waals surface area (Å²) in [6, 6.07) is 13.1. The van der Waals surface area contributed by atoms with Crippen molar-refractivity contribution in [3.63, 3.8) is 0 Å². The van der Waals surface area contributed by atoms with E-state index >= 15 is 0 Å². The summed E-state index contributed by atoms with van der Waals surface area (Å²) in [5.74, 6) is -1.70. The first-order valence-corrected chi connectivity index (χ1v) is 9.91. The number of rotatable bonds is 3. The first kappa shape index (κ1) is 21.2. The molecule has 4 aromatic rings. The molecule has 0 aliphatic rings. The van der Waals surface area contributed by atoms with Crippen LogP contribution in [0, 0.1) is 32.4 Å². The molecule has 7 heteroatoms. The van der Waals surface area contributed by atoms with Gasteiger partial charge in [0, 0.05) is 17.0 Å². The van der Waals surface area contributed by atoms with Crippen molar-refractivity contribution in [3.8, 4) is 11.1 Å². The highest BCUT2D eigenvalue weighted by Gasteiger charge is 2.21. The summed E-state index contributed by atoms with van der Waals surface area (Å²) in [5, 5.41) is 5.46. The molecule has 2 amide bonds.